The lowest BCUT2D eigenvalue weighted by molar-refractivity contribution is -0.143. The van der Waals surface area contributed by atoms with Crippen molar-refractivity contribution < 1.29 is 23.0 Å². The quantitative estimate of drug-likeness (QED) is 0.567. The van der Waals surface area contributed by atoms with Gasteiger partial charge >= 0.3 is 12.6 Å². The summed E-state index contributed by atoms with van der Waals surface area (Å²) in [7, 11) is 1.44. The first-order valence-electron chi connectivity index (χ1n) is 7.81. The van der Waals surface area contributed by atoms with E-state index in [4.69, 9.17) is 27.9 Å². The van der Waals surface area contributed by atoms with Crippen molar-refractivity contribution in [2.75, 3.05) is 6.61 Å². The van der Waals surface area contributed by atoms with E-state index < -0.39 is 12.6 Å². The first-order chi connectivity index (χ1) is 12.8. The van der Waals surface area contributed by atoms with Gasteiger partial charge in [-0.2, -0.15) is 19.0 Å². The molecule has 7 nitrogen and oxygen atoms in total. The molecule has 0 bridgehead atoms. The van der Waals surface area contributed by atoms with Gasteiger partial charge in [0.15, 0.2) is 5.15 Å². The van der Waals surface area contributed by atoms with E-state index in [1.165, 1.54) is 11.7 Å². The van der Waals surface area contributed by atoms with Crippen LogP contribution >= 0.6 is 23.2 Å². The number of hydrogen-bond donors (Lipinski definition) is 0. The van der Waals surface area contributed by atoms with Crippen molar-refractivity contribution in [3.05, 3.63) is 28.4 Å². The van der Waals surface area contributed by atoms with Gasteiger partial charge in [-0.3, -0.25) is 9.48 Å². The third-order valence-corrected chi connectivity index (χ3v) is 4.32. The van der Waals surface area contributed by atoms with Crippen LogP contribution in [0.4, 0.5) is 8.78 Å². The fourth-order valence-electron chi connectivity index (χ4n) is 2.61. The molecule has 0 amide bonds. The molecular formula is C16H14Cl2F2N4O3. The average Bonchev–Trinajstić information content (AvgIpc) is 3.06. The lowest BCUT2D eigenvalue weighted by Gasteiger charge is -2.05. The number of rotatable bonds is 6. The molecule has 0 fully saturated rings. The summed E-state index contributed by atoms with van der Waals surface area (Å²) in [5.41, 5.74) is 1.31. The normalized spacial score (nSPS) is 11.4. The van der Waals surface area contributed by atoms with E-state index in [9.17, 15) is 13.6 Å². The Hall–Kier alpha value is -2.39. The molecule has 0 spiro atoms. The summed E-state index contributed by atoms with van der Waals surface area (Å²) in [5, 5.41) is 9.04. The predicted molar refractivity (Wildman–Crippen MR) is 95.2 cm³/mol. The summed E-state index contributed by atoms with van der Waals surface area (Å²) in [4.78, 5) is 11.8. The van der Waals surface area contributed by atoms with Gasteiger partial charge in [-0.1, -0.05) is 29.3 Å². The Morgan fingerprint density at radius 3 is 2.70 bits per heavy atom. The number of halogens is 4. The van der Waals surface area contributed by atoms with E-state index in [1.54, 1.807) is 25.1 Å². The van der Waals surface area contributed by atoms with Gasteiger partial charge in [0.05, 0.1) is 12.1 Å². The molecule has 0 aliphatic carbocycles. The zero-order chi connectivity index (χ0) is 19.7. The van der Waals surface area contributed by atoms with Crippen molar-refractivity contribution >= 4 is 40.1 Å². The van der Waals surface area contributed by atoms with Crippen LogP contribution in [0.2, 0.25) is 10.2 Å². The molecular weight excluding hydrogens is 405 g/mol. The molecule has 0 radical (unpaired) electrons. The maximum absolute atomic E-state index is 12.5. The summed E-state index contributed by atoms with van der Waals surface area (Å²) in [6.07, 6.45) is 0. The van der Waals surface area contributed by atoms with Crippen LogP contribution in [0.1, 0.15) is 6.92 Å². The van der Waals surface area contributed by atoms with E-state index in [0.717, 1.165) is 4.68 Å². The first-order valence-corrected chi connectivity index (χ1v) is 8.56. The highest BCUT2D eigenvalue weighted by Crippen LogP contribution is 2.37. The third kappa shape index (κ3) is 3.84. The van der Waals surface area contributed by atoms with E-state index in [2.05, 4.69) is 14.9 Å². The molecule has 11 heteroatoms. The minimum atomic E-state index is -3.03. The van der Waals surface area contributed by atoms with Gasteiger partial charge in [-0.25, -0.2) is 4.68 Å². The van der Waals surface area contributed by atoms with Crippen LogP contribution in [-0.4, -0.2) is 38.7 Å². The number of aromatic nitrogens is 4. The number of alkyl halides is 2. The number of ether oxygens (including phenoxy) is 2. The second-order valence-electron chi connectivity index (χ2n) is 5.46. The summed E-state index contributed by atoms with van der Waals surface area (Å²) in [5.74, 6) is -0.715. The molecule has 2 aromatic heterocycles. The van der Waals surface area contributed by atoms with Crippen LogP contribution in [0.3, 0.4) is 0 Å². The van der Waals surface area contributed by atoms with Gasteiger partial charge in [0.25, 0.3) is 0 Å². The summed E-state index contributed by atoms with van der Waals surface area (Å²) in [6.45, 7) is -1.21. The number of nitrogens with zero attached hydrogens (tertiary/aromatic N) is 4. The second kappa shape index (κ2) is 7.69. The number of aryl methyl sites for hydroxylation is 1. The van der Waals surface area contributed by atoms with Crippen LogP contribution in [-0.2, 0) is 23.1 Å². The summed E-state index contributed by atoms with van der Waals surface area (Å²) < 4.78 is 36.9. The Morgan fingerprint density at radius 1 is 1.30 bits per heavy atom. The average molecular weight is 419 g/mol. The molecule has 1 aromatic carbocycles. The number of carbonyl (C=O) groups is 1. The largest absolute Gasteiger partial charge is 0.465 e. The Labute approximate surface area is 162 Å². The number of benzene rings is 1. The van der Waals surface area contributed by atoms with Crippen molar-refractivity contribution in [1.29, 1.82) is 0 Å². The van der Waals surface area contributed by atoms with Gasteiger partial charge in [0, 0.05) is 18.0 Å². The van der Waals surface area contributed by atoms with Crippen molar-refractivity contribution in [2.45, 2.75) is 20.1 Å². The fraction of sp³-hybridized carbons (Fsp3) is 0.312. The molecule has 0 unspecified atom stereocenters. The SMILES string of the molecule is CCOC(=O)Cn1nc(Cl)c2ccc(-c3nn(C)c(OC(F)F)c3Cl)cc21. The highest BCUT2D eigenvalue weighted by Gasteiger charge is 2.21. The maximum atomic E-state index is 12.5. The van der Waals surface area contributed by atoms with Gasteiger partial charge < -0.3 is 9.47 Å². The monoisotopic (exact) mass is 418 g/mol. The zero-order valence-corrected chi connectivity index (χ0v) is 15.8. The molecule has 0 aliphatic heterocycles. The van der Waals surface area contributed by atoms with Crippen LogP contribution in [0.25, 0.3) is 22.2 Å². The van der Waals surface area contributed by atoms with Gasteiger partial charge in [-0.15, -0.1) is 0 Å². The smallest absolute Gasteiger partial charge is 0.388 e. The third-order valence-electron chi connectivity index (χ3n) is 3.70. The number of hydrogen-bond acceptors (Lipinski definition) is 5. The number of carbonyl (C=O) groups excluding carboxylic acids is 1. The topological polar surface area (TPSA) is 71.2 Å². The number of fused-ring (bicyclic) bond motifs is 1. The number of esters is 1. The van der Waals surface area contributed by atoms with Crippen LogP contribution in [0.5, 0.6) is 5.88 Å². The van der Waals surface area contributed by atoms with Crippen molar-refractivity contribution in [3.63, 3.8) is 0 Å². The van der Waals surface area contributed by atoms with Gasteiger partial charge in [0.1, 0.15) is 17.3 Å². The molecule has 0 N–H and O–H groups in total. The Kier molecular flexibility index (Phi) is 5.52. The van der Waals surface area contributed by atoms with Crippen molar-refractivity contribution in [1.82, 2.24) is 19.6 Å². The van der Waals surface area contributed by atoms with Crippen LogP contribution in [0, 0.1) is 0 Å². The van der Waals surface area contributed by atoms with Crippen molar-refractivity contribution in [2.24, 2.45) is 7.05 Å². The van der Waals surface area contributed by atoms with E-state index in [-0.39, 0.29) is 34.9 Å². The minimum absolute atomic E-state index is 0.0558. The Bertz CT molecular complexity index is 1000. The molecule has 2 heterocycles. The highest BCUT2D eigenvalue weighted by molar-refractivity contribution is 6.35. The van der Waals surface area contributed by atoms with Gasteiger partial charge in [0.2, 0.25) is 5.88 Å². The van der Waals surface area contributed by atoms with E-state index in [0.29, 0.717) is 16.5 Å². The summed E-state index contributed by atoms with van der Waals surface area (Å²) >= 11 is 12.3. The predicted octanol–water partition coefficient (Wildman–Crippen LogP) is 3.91. The van der Waals surface area contributed by atoms with E-state index >= 15 is 0 Å². The molecule has 27 heavy (non-hydrogen) atoms. The molecule has 3 aromatic rings. The standard InChI is InChI=1S/C16H14Cl2F2N4O3/c1-3-26-11(25)7-24-10-6-8(4-5-9(10)14(18)22-24)13-12(17)15(23(2)21-13)27-16(19)20/h4-6,16H,3,7H2,1-2H3. The minimum Gasteiger partial charge on any atom is -0.465 e. The summed E-state index contributed by atoms with van der Waals surface area (Å²) in [6, 6.07) is 5.01. The Balaban J connectivity index is 2.05. The first kappa shape index (κ1) is 19.4. The molecule has 3 rings (SSSR count). The fourth-order valence-corrected chi connectivity index (χ4v) is 3.17. The molecule has 144 valence electrons. The van der Waals surface area contributed by atoms with Crippen molar-refractivity contribution in [3.8, 4) is 17.1 Å². The van der Waals surface area contributed by atoms with Crippen LogP contribution in [0.15, 0.2) is 18.2 Å². The molecule has 0 aliphatic rings. The molecule has 0 saturated carbocycles. The lowest BCUT2D eigenvalue weighted by atomic mass is 10.1. The van der Waals surface area contributed by atoms with Crippen LogP contribution < -0.4 is 4.74 Å². The molecule has 0 atom stereocenters. The lowest BCUT2D eigenvalue weighted by Crippen LogP contribution is -2.14. The second-order valence-corrected chi connectivity index (χ2v) is 6.19. The molecule has 0 saturated heterocycles. The Morgan fingerprint density at radius 2 is 2.04 bits per heavy atom. The van der Waals surface area contributed by atoms with Gasteiger partial charge in [-0.05, 0) is 19.1 Å². The highest BCUT2D eigenvalue weighted by atomic mass is 35.5. The maximum Gasteiger partial charge on any atom is 0.388 e. The van der Waals surface area contributed by atoms with E-state index in [1.807, 2.05) is 0 Å². The zero-order valence-electron chi connectivity index (χ0n) is 14.2.